The van der Waals surface area contributed by atoms with Crippen molar-refractivity contribution in [3.63, 3.8) is 0 Å². The minimum absolute atomic E-state index is 0.0970. The lowest BCUT2D eigenvalue weighted by molar-refractivity contribution is -0.742. The minimum atomic E-state index is -1.50. The Labute approximate surface area is 150 Å². The lowest BCUT2D eigenvalue weighted by atomic mass is 9.87. The number of rotatable bonds is 3. The first-order chi connectivity index (χ1) is 12.3. The van der Waals surface area contributed by atoms with Crippen molar-refractivity contribution in [2.75, 3.05) is 14.2 Å². The summed E-state index contributed by atoms with van der Waals surface area (Å²) in [6, 6.07) is 9.36. The number of esters is 2. The molecule has 2 bridgehead atoms. The maximum atomic E-state index is 12.3. The van der Waals surface area contributed by atoms with Gasteiger partial charge in [0.2, 0.25) is 0 Å². The van der Waals surface area contributed by atoms with E-state index in [1.54, 1.807) is 24.3 Å². The second-order valence-corrected chi connectivity index (χ2v) is 6.30. The summed E-state index contributed by atoms with van der Waals surface area (Å²) >= 11 is 0. The second-order valence-electron chi connectivity index (χ2n) is 6.30. The molecular weight excluding hydrogens is 344 g/mol. The third-order valence-electron chi connectivity index (χ3n) is 4.96. The summed E-state index contributed by atoms with van der Waals surface area (Å²) in [5.74, 6) is -1.06. The molecule has 1 aromatic rings. The molecule has 2 fully saturated rings. The summed E-state index contributed by atoms with van der Waals surface area (Å²) in [6.07, 6.45) is 2.26. The summed E-state index contributed by atoms with van der Waals surface area (Å²) < 4.78 is 10.6. The SMILES string of the molecule is COC(=O)[C@@H]1C2CCC(C[C@@H]1OC(=O)c1ccccc1)N2C.O=[N+]([O-])O. The van der Waals surface area contributed by atoms with Crippen molar-refractivity contribution < 1.29 is 29.4 Å². The van der Waals surface area contributed by atoms with E-state index in [2.05, 4.69) is 4.90 Å². The predicted octanol–water partition coefficient (Wildman–Crippen LogP) is 1.52. The van der Waals surface area contributed by atoms with Gasteiger partial charge in [0, 0.05) is 18.5 Å². The van der Waals surface area contributed by atoms with Gasteiger partial charge in [-0.1, -0.05) is 18.2 Å². The van der Waals surface area contributed by atoms with E-state index in [1.165, 1.54) is 7.11 Å². The van der Waals surface area contributed by atoms with Crippen LogP contribution in [0.25, 0.3) is 0 Å². The van der Waals surface area contributed by atoms with Gasteiger partial charge in [0.15, 0.2) is 0 Å². The fourth-order valence-corrected chi connectivity index (χ4v) is 3.77. The Kier molecular flexibility index (Phi) is 6.51. The van der Waals surface area contributed by atoms with Gasteiger partial charge in [-0.3, -0.25) is 9.69 Å². The van der Waals surface area contributed by atoms with Gasteiger partial charge in [0.25, 0.3) is 5.09 Å². The van der Waals surface area contributed by atoms with Gasteiger partial charge in [-0.25, -0.2) is 4.79 Å². The molecule has 2 aliphatic heterocycles. The highest BCUT2D eigenvalue weighted by Crippen LogP contribution is 2.40. The number of piperidine rings is 1. The second kappa shape index (κ2) is 8.61. The summed E-state index contributed by atoms with van der Waals surface area (Å²) in [5, 5.41) is 13.6. The summed E-state index contributed by atoms with van der Waals surface area (Å²) in [4.78, 5) is 35.1. The molecule has 4 atom stereocenters. The standard InChI is InChI=1S/C17H21NO4.HNO3/c1-18-12-8-9-13(18)15(17(20)21-2)14(10-12)22-16(19)11-6-4-3-5-7-11;2-1(3)4/h3-7,12-15H,8-10H2,1-2H3;(H,2,3,4)/t12?,13?,14-,15+;/m0./s1. The van der Waals surface area contributed by atoms with Crippen LogP contribution in [-0.2, 0) is 14.3 Å². The number of hydrogen-bond donors (Lipinski definition) is 1. The fourth-order valence-electron chi connectivity index (χ4n) is 3.77. The number of ether oxygens (including phenoxy) is 2. The molecule has 9 nitrogen and oxygen atoms in total. The summed E-state index contributed by atoms with van der Waals surface area (Å²) in [6.45, 7) is 0. The molecule has 0 spiro atoms. The van der Waals surface area contributed by atoms with E-state index >= 15 is 0 Å². The predicted molar refractivity (Wildman–Crippen MR) is 89.1 cm³/mol. The van der Waals surface area contributed by atoms with Gasteiger partial charge in [0.1, 0.15) is 12.0 Å². The smallest absolute Gasteiger partial charge is 0.338 e. The molecule has 2 aliphatic rings. The molecule has 26 heavy (non-hydrogen) atoms. The van der Waals surface area contributed by atoms with E-state index in [0.29, 0.717) is 18.0 Å². The van der Waals surface area contributed by atoms with Gasteiger partial charge in [-0.2, -0.15) is 0 Å². The normalized spacial score (nSPS) is 27.0. The van der Waals surface area contributed by atoms with Crippen LogP contribution in [0.1, 0.15) is 29.6 Å². The number of hydrogen-bond acceptors (Lipinski definition) is 7. The molecule has 2 heterocycles. The number of benzene rings is 1. The molecule has 1 aromatic carbocycles. The number of fused-ring (bicyclic) bond motifs is 2. The third kappa shape index (κ3) is 4.48. The quantitative estimate of drug-likeness (QED) is 0.486. The Morgan fingerprint density at radius 1 is 1.27 bits per heavy atom. The molecule has 3 rings (SSSR count). The van der Waals surface area contributed by atoms with Gasteiger partial charge in [0.05, 0.1) is 12.7 Å². The van der Waals surface area contributed by atoms with Crippen molar-refractivity contribution in [1.82, 2.24) is 4.90 Å². The lowest BCUT2D eigenvalue weighted by Crippen LogP contribution is -2.53. The maximum Gasteiger partial charge on any atom is 0.338 e. The van der Waals surface area contributed by atoms with Crippen LogP contribution >= 0.6 is 0 Å². The zero-order valence-electron chi connectivity index (χ0n) is 14.6. The first-order valence-corrected chi connectivity index (χ1v) is 8.24. The number of carbonyl (C=O) groups excluding carboxylic acids is 2. The first-order valence-electron chi connectivity index (χ1n) is 8.24. The van der Waals surface area contributed by atoms with E-state index in [9.17, 15) is 9.59 Å². The van der Waals surface area contributed by atoms with E-state index in [0.717, 1.165) is 12.8 Å². The molecule has 142 valence electrons. The Balaban J connectivity index is 0.000000552. The van der Waals surface area contributed by atoms with Crippen LogP contribution < -0.4 is 0 Å². The number of carbonyl (C=O) groups is 2. The topological polar surface area (TPSA) is 119 Å². The molecule has 0 radical (unpaired) electrons. The number of nitrogens with zero attached hydrogens (tertiary/aromatic N) is 2. The molecule has 0 amide bonds. The zero-order chi connectivity index (χ0) is 19.3. The van der Waals surface area contributed by atoms with Crippen LogP contribution in [0.15, 0.2) is 30.3 Å². The Morgan fingerprint density at radius 2 is 1.88 bits per heavy atom. The molecule has 0 saturated carbocycles. The van der Waals surface area contributed by atoms with Gasteiger partial charge in [-0.15, -0.1) is 10.1 Å². The van der Waals surface area contributed by atoms with Crippen molar-refractivity contribution in [3.05, 3.63) is 46.0 Å². The number of methoxy groups -OCH3 is 1. The molecule has 2 saturated heterocycles. The maximum absolute atomic E-state index is 12.3. The van der Waals surface area contributed by atoms with Crippen molar-refractivity contribution in [1.29, 1.82) is 0 Å². The van der Waals surface area contributed by atoms with Crippen molar-refractivity contribution in [3.8, 4) is 0 Å². The van der Waals surface area contributed by atoms with Gasteiger partial charge < -0.3 is 14.7 Å². The molecular formula is C17H22N2O7. The van der Waals surface area contributed by atoms with Gasteiger partial charge >= 0.3 is 11.9 Å². The Morgan fingerprint density at radius 3 is 2.46 bits per heavy atom. The third-order valence-corrected chi connectivity index (χ3v) is 4.96. The first kappa shape index (κ1) is 19.6. The van der Waals surface area contributed by atoms with Gasteiger partial charge in [-0.05, 0) is 32.0 Å². The van der Waals surface area contributed by atoms with Crippen molar-refractivity contribution >= 4 is 11.9 Å². The highest BCUT2D eigenvalue weighted by atomic mass is 16.9. The fraction of sp³-hybridized carbons (Fsp3) is 0.529. The Hall–Kier alpha value is -2.68. The van der Waals surface area contributed by atoms with E-state index in [4.69, 9.17) is 24.8 Å². The highest BCUT2D eigenvalue weighted by Gasteiger charge is 2.50. The highest BCUT2D eigenvalue weighted by molar-refractivity contribution is 5.89. The zero-order valence-corrected chi connectivity index (χ0v) is 14.6. The van der Waals surface area contributed by atoms with Crippen LogP contribution in [0.2, 0.25) is 0 Å². The molecule has 1 N–H and O–H groups in total. The Bertz CT molecular complexity index is 648. The monoisotopic (exact) mass is 366 g/mol. The van der Waals surface area contributed by atoms with Crippen LogP contribution in [-0.4, -0.2) is 59.5 Å². The van der Waals surface area contributed by atoms with Crippen LogP contribution in [0.5, 0.6) is 0 Å². The largest absolute Gasteiger partial charge is 0.469 e. The van der Waals surface area contributed by atoms with Crippen molar-refractivity contribution in [2.45, 2.75) is 37.5 Å². The molecule has 9 heteroatoms. The van der Waals surface area contributed by atoms with E-state index < -0.39 is 17.1 Å². The summed E-state index contributed by atoms with van der Waals surface area (Å²) in [5.41, 5.74) is 0.511. The van der Waals surface area contributed by atoms with Crippen LogP contribution in [0.4, 0.5) is 0 Å². The summed E-state index contributed by atoms with van der Waals surface area (Å²) in [7, 11) is 3.42. The average molecular weight is 366 g/mol. The van der Waals surface area contributed by atoms with Crippen LogP contribution in [0.3, 0.4) is 0 Å². The molecule has 2 unspecified atom stereocenters. The van der Waals surface area contributed by atoms with E-state index in [1.807, 2.05) is 13.1 Å². The molecule has 0 aromatic heterocycles. The lowest BCUT2D eigenvalue weighted by Gasteiger charge is -2.40. The minimum Gasteiger partial charge on any atom is -0.469 e. The average Bonchev–Trinajstić information content (AvgIpc) is 2.85. The molecule has 0 aliphatic carbocycles. The van der Waals surface area contributed by atoms with E-state index in [-0.39, 0.29) is 18.0 Å². The van der Waals surface area contributed by atoms with Crippen LogP contribution in [0, 0.1) is 16.0 Å². The van der Waals surface area contributed by atoms with Crippen molar-refractivity contribution in [2.24, 2.45) is 5.92 Å².